The lowest BCUT2D eigenvalue weighted by Crippen LogP contribution is -1.25. The van der Waals surface area contributed by atoms with E-state index in [-0.39, 0.29) is 0 Å². The third-order valence-corrected chi connectivity index (χ3v) is 0.805. The molecule has 0 atom stereocenters. The van der Waals surface area contributed by atoms with E-state index in [9.17, 15) is 0 Å². The highest BCUT2D eigenvalue weighted by atomic mass is 13.4. The highest BCUT2D eigenvalue weighted by Crippen LogP contribution is 1.57. The summed E-state index contributed by atoms with van der Waals surface area (Å²) in [6, 6.07) is 0. The molecule has 0 aromatic carbocycles. The number of allylic oxidation sites excluding steroid dienone is 1. The van der Waals surface area contributed by atoms with Gasteiger partial charge in [-0.2, -0.15) is 0 Å². The van der Waals surface area contributed by atoms with Gasteiger partial charge in [0.15, 0.2) is 0 Å². The first-order valence-electron chi connectivity index (χ1n) is 3.72. The van der Waals surface area contributed by atoms with E-state index in [4.69, 9.17) is 0 Å². The average Bonchev–Trinajstić information content (AvgIpc) is 2.21. The third-order valence-electron chi connectivity index (χ3n) is 0.805. The van der Waals surface area contributed by atoms with Crippen LogP contribution in [0.5, 0.6) is 0 Å². The zero-order valence-electron chi connectivity index (χ0n) is 7.78. The van der Waals surface area contributed by atoms with Gasteiger partial charge in [0.1, 0.15) is 0 Å². The molecule has 0 heteroatoms. The molecular formula is C14H6. The van der Waals surface area contributed by atoms with Crippen LogP contribution in [0, 0.1) is 0 Å². The normalized spacial score (nSPS) is 4.07. The van der Waals surface area contributed by atoms with Crippen molar-refractivity contribution >= 4 is 0 Å². The Morgan fingerprint density at radius 2 is 1.14 bits per heavy atom. The van der Waals surface area contributed by atoms with Crippen LogP contribution in [0.4, 0.5) is 0 Å². The van der Waals surface area contributed by atoms with Crippen molar-refractivity contribution in [2.75, 3.05) is 0 Å². The SMILES string of the molecule is C=C=C=C=C=C=C=C=C=C=C=C=CC. The monoisotopic (exact) mass is 174 g/mol. The fourth-order valence-corrected chi connectivity index (χ4v) is 0.371. The van der Waals surface area contributed by atoms with E-state index in [1.807, 2.05) is 6.92 Å². The third kappa shape index (κ3) is 9.32. The van der Waals surface area contributed by atoms with Crippen LogP contribution in [0.2, 0.25) is 0 Å². The van der Waals surface area contributed by atoms with E-state index in [0.29, 0.717) is 0 Å². The van der Waals surface area contributed by atoms with Crippen LogP contribution in [0.1, 0.15) is 6.92 Å². The Morgan fingerprint density at radius 3 is 1.57 bits per heavy atom. The van der Waals surface area contributed by atoms with Gasteiger partial charge >= 0.3 is 0 Å². The van der Waals surface area contributed by atoms with E-state index < -0.39 is 0 Å². The second kappa shape index (κ2) is 10.3. The van der Waals surface area contributed by atoms with Gasteiger partial charge in [-0.05, 0) is 71.2 Å². The number of hydrogen-bond acceptors (Lipinski definition) is 0. The maximum atomic E-state index is 3.29. The molecule has 0 aliphatic rings. The van der Waals surface area contributed by atoms with Gasteiger partial charge < -0.3 is 0 Å². The van der Waals surface area contributed by atoms with E-state index >= 15 is 0 Å². The minimum atomic E-state index is 1.71. The van der Waals surface area contributed by atoms with Crippen molar-refractivity contribution in [1.29, 1.82) is 0 Å². The lowest BCUT2D eigenvalue weighted by molar-refractivity contribution is 1.78. The minimum absolute atomic E-state index is 1.71. The predicted octanol–water partition coefficient (Wildman–Crippen LogP) is 2.90. The molecule has 0 bridgehead atoms. The molecule has 0 spiro atoms. The largest absolute Gasteiger partial charge is 0.0687 e. The zero-order valence-corrected chi connectivity index (χ0v) is 7.78. The van der Waals surface area contributed by atoms with Crippen LogP contribution in [-0.2, 0) is 0 Å². The summed E-state index contributed by atoms with van der Waals surface area (Å²) < 4.78 is 0. The summed E-state index contributed by atoms with van der Waals surface area (Å²) in [5, 5.41) is 0. The van der Waals surface area contributed by atoms with Gasteiger partial charge in [0.05, 0.1) is 0 Å². The van der Waals surface area contributed by atoms with Gasteiger partial charge in [-0.15, -0.1) is 0 Å². The smallest absolute Gasteiger partial charge is 0.00000000511 e. The van der Waals surface area contributed by atoms with Crippen molar-refractivity contribution < 1.29 is 0 Å². The highest BCUT2D eigenvalue weighted by Gasteiger charge is 1.40. The second-order valence-electron chi connectivity index (χ2n) is 1.73. The molecule has 14 heavy (non-hydrogen) atoms. The molecule has 0 N–H and O–H groups in total. The van der Waals surface area contributed by atoms with Gasteiger partial charge in [-0.1, -0.05) is 11.5 Å². The Balaban J connectivity index is 5.46. The van der Waals surface area contributed by atoms with Crippen LogP contribution in [0.3, 0.4) is 0 Å². The van der Waals surface area contributed by atoms with E-state index in [2.05, 4.69) is 69.6 Å². The van der Waals surface area contributed by atoms with Crippen LogP contribution >= 0.6 is 0 Å². The molecule has 0 saturated heterocycles. The fourth-order valence-electron chi connectivity index (χ4n) is 0.371. The molecule has 0 nitrogen and oxygen atoms in total. The van der Waals surface area contributed by atoms with Gasteiger partial charge in [0, 0.05) is 0 Å². The molecule has 62 valence electrons. The molecule has 0 heterocycles. The Labute approximate surface area is 83.2 Å². The molecule has 0 radical (unpaired) electrons. The standard InChI is InChI=1S/C14H6/c1-3-5-7-9-11-13-14-12-10-8-6-4-2/h4H,1H2,2H3. The van der Waals surface area contributed by atoms with Crippen molar-refractivity contribution in [3.8, 4) is 0 Å². The Hall–Kier alpha value is -2.68. The van der Waals surface area contributed by atoms with Gasteiger partial charge in [-0.25, -0.2) is 0 Å². The molecule has 0 aromatic heterocycles. The summed E-state index contributed by atoms with van der Waals surface area (Å²) >= 11 is 0. The molecular weight excluding hydrogens is 168 g/mol. The van der Waals surface area contributed by atoms with E-state index in [1.165, 1.54) is 0 Å². The molecule has 0 unspecified atom stereocenters. The van der Waals surface area contributed by atoms with Gasteiger partial charge in [-0.3, -0.25) is 0 Å². The summed E-state index contributed by atoms with van der Waals surface area (Å²) in [6.07, 6.45) is 1.71. The van der Waals surface area contributed by atoms with Crippen LogP contribution in [0.25, 0.3) is 0 Å². The predicted molar refractivity (Wildman–Crippen MR) is 54.5 cm³/mol. The highest BCUT2D eigenvalue weighted by molar-refractivity contribution is 4.91. The first-order chi connectivity index (χ1) is 6.91. The van der Waals surface area contributed by atoms with E-state index in [0.717, 1.165) is 0 Å². The van der Waals surface area contributed by atoms with Crippen molar-refractivity contribution in [3.05, 3.63) is 75.7 Å². The van der Waals surface area contributed by atoms with E-state index in [1.54, 1.807) is 6.08 Å². The molecule has 0 saturated carbocycles. The topological polar surface area (TPSA) is 0 Å². The molecule has 0 amide bonds. The van der Waals surface area contributed by atoms with Gasteiger partial charge in [0.25, 0.3) is 0 Å². The lowest BCUT2D eigenvalue weighted by Gasteiger charge is -1.43. The maximum Gasteiger partial charge on any atom is -0.00000000511 e. The summed E-state index contributed by atoms with van der Waals surface area (Å²) in [5.74, 6) is 0. The molecule has 0 aliphatic carbocycles. The second-order valence-corrected chi connectivity index (χ2v) is 1.73. The van der Waals surface area contributed by atoms with Crippen molar-refractivity contribution in [2.45, 2.75) is 6.92 Å². The van der Waals surface area contributed by atoms with Crippen LogP contribution < -0.4 is 0 Å². The Kier molecular flexibility index (Phi) is 8.34. The molecule has 0 aromatic rings. The molecule has 0 aliphatic heterocycles. The number of hydrogen-bond donors (Lipinski definition) is 0. The molecule has 0 rings (SSSR count). The average molecular weight is 174 g/mol. The molecule has 0 fully saturated rings. The van der Waals surface area contributed by atoms with Crippen LogP contribution in [-0.4, -0.2) is 0 Å². The van der Waals surface area contributed by atoms with Crippen LogP contribution in [0.15, 0.2) is 75.7 Å². The quantitative estimate of drug-likeness (QED) is 0.495. The summed E-state index contributed by atoms with van der Waals surface area (Å²) in [7, 11) is 0. The van der Waals surface area contributed by atoms with Crippen molar-refractivity contribution in [3.63, 3.8) is 0 Å². The Bertz CT molecular complexity index is 590. The van der Waals surface area contributed by atoms with Crippen molar-refractivity contribution in [1.82, 2.24) is 0 Å². The van der Waals surface area contributed by atoms with Gasteiger partial charge in [0.2, 0.25) is 0 Å². The minimum Gasteiger partial charge on any atom is -0.0687 e. The van der Waals surface area contributed by atoms with Crippen molar-refractivity contribution in [2.24, 2.45) is 0 Å². The fraction of sp³-hybridized carbons (Fsp3) is 0.0714. The summed E-state index contributed by atoms with van der Waals surface area (Å²) in [5.41, 5.74) is 27.7. The zero-order chi connectivity index (χ0) is 10.5. The lowest BCUT2D eigenvalue weighted by atomic mass is 10.6. The number of rotatable bonds is 0. The first kappa shape index (κ1) is 11.3. The maximum absolute atomic E-state index is 3.29. The first-order valence-corrected chi connectivity index (χ1v) is 3.72. The summed E-state index contributed by atoms with van der Waals surface area (Å²) in [6.45, 7) is 5.13. The Morgan fingerprint density at radius 1 is 0.714 bits per heavy atom. The summed E-state index contributed by atoms with van der Waals surface area (Å²) in [4.78, 5) is 0.